The number of carboxylic acid groups (broad SMARTS) is 1. The first-order chi connectivity index (χ1) is 7.95. The minimum absolute atomic E-state index is 0.251. The van der Waals surface area contributed by atoms with E-state index < -0.39 is 24.5 Å². The van der Waals surface area contributed by atoms with Gasteiger partial charge in [-0.15, -0.1) is 0 Å². The van der Waals surface area contributed by atoms with Crippen molar-refractivity contribution in [1.82, 2.24) is 5.32 Å². The van der Waals surface area contributed by atoms with E-state index >= 15 is 0 Å². The van der Waals surface area contributed by atoms with Crippen LogP contribution < -0.4 is 5.32 Å². The summed E-state index contributed by atoms with van der Waals surface area (Å²) in [5.41, 5.74) is 0.251. The smallest absolute Gasteiger partial charge is 0.328 e. The molecule has 0 unspecified atom stereocenters. The molecule has 3 N–H and O–H groups in total. The van der Waals surface area contributed by atoms with Crippen LogP contribution in [0.4, 0.5) is 0 Å². The van der Waals surface area contributed by atoms with Crippen LogP contribution in [0.5, 0.6) is 0 Å². The average molecular weight is 323 g/mol. The van der Waals surface area contributed by atoms with Crippen molar-refractivity contribution in [1.29, 1.82) is 0 Å². The van der Waals surface area contributed by atoms with E-state index in [4.69, 9.17) is 21.8 Å². The fourth-order valence-corrected chi connectivity index (χ4v) is 1.56. The quantitative estimate of drug-likeness (QED) is 0.779. The van der Waals surface area contributed by atoms with Crippen molar-refractivity contribution < 1.29 is 19.8 Å². The van der Waals surface area contributed by atoms with Gasteiger partial charge in [-0.05, 0) is 34.1 Å². The zero-order valence-corrected chi connectivity index (χ0v) is 10.8. The number of hydrogen-bond donors (Lipinski definition) is 3. The van der Waals surface area contributed by atoms with Crippen LogP contribution in [0.3, 0.4) is 0 Å². The lowest BCUT2D eigenvalue weighted by Crippen LogP contribution is -2.43. The van der Waals surface area contributed by atoms with E-state index in [1.807, 2.05) is 0 Å². The van der Waals surface area contributed by atoms with E-state index in [0.717, 1.165) is 0 Å². The number of carboxylic acids is 1. The maximum atomic E-state index is 11.6. The highest BCUT2D eigenvalue weighted by atomic mass is 79.9. The van der Waals surface area contributed by atoms with Crippen LogP contribution in [-0.4, -0.2) is 34.7 Å². The van der Waals surface area contributed by atoms with Gasteiger partial charge >= 0.3 is 5.97 Å². The molecule has 0 bridgehead atoms. The minimum Gasteiger partial charge on any atom is -0.480 e. The van der Waals surface area contributed by atoms with Crippen molar-refractivity contribution in [2.24, 2.45) is 0 Å². The first-order valence-electron chi connectivity index (χ1n) is 4.55. The van der Waals surface area contributed by atoms with Crippen LogP contribution >= 0.6 is 27.5 Å². The van der Waals surface area contributed by atoms with E-state index in [1.165, 1.54) is 18.2 Å². The Kier molecular flexibility index (Phi) is 4.92. The molecule has 0 aromatic heterocycles. The Morgan fingerprint density at radius 3 is 2.59 bits per heavy atom. The monoisotopic (exact) mass is 321 g/mol. The summed E-state index contributed by atoms with van der Waals surface area (Å²) in [7, 11) is 0. The number of aliphatic hydroxyl groups is 1. The van der Waals surface area contributed by atoms with Crippen molar-refractivity contribution in [3.8, 4) is 0 Å². The van der Waals surface area contributed by atoms with Gasteiger partial charge in [-0.1, -0.05) is 11.6 Å². The van der Waals surface area contributed by atoms with Gasteiger partial charge in [0.2, 0.25) is 0 Å². The maximum absolute atomic E-state index is 11.6. The Hall–Kier alpha value is -1.11. The van der Waals surface area contributed by atoms with Gasteiger partial charge in [0.25, 0.3) is 5.91 Å². The molecule has 0 saturated heterocycles. The highest BCUT2D eigenvalue weighted by Crippen LogP contribution is 2.23. The summed E-state index contributed by atoms with van der Waals surface area (Å²) in [4.78, 5) is 22.2. The van der Waals surface area contributed by atoms with E-state index in [0.29, 0.717) is 9.50 Å². The fourth-order valence-electron chi connectivity index (χ4n) is 1.06. The Labute approximate surface area is 111 Å². The molecule has 0 fully saturated rings. The summed E-state index contributed by atoms with van der Waals surface area (Å²) in [6, 6.07) is 3.11. The number of halogens is 2. The number of benzene rings is 1. The molecule has 0 radical (unpaired) electrons. The molecule has 0 aliphatic heterocycles. The molecule has 5 nitrogen and oxygen atoms in total. The van der Waals surface area contributed by atoms with E-state index in [1.54, 1.807) is 0 Å². The number of aliphatic hydroxyl groups excluding tert-OH is 1. The summed E-state index contributed by atoms with van der Waals surface area (Å²) in [6.07, 6.45) is 0. The first-order valence-corrected chi connectivity index (χ1v) is 5.72. The van der Waals surface area contributed by atoms with Gasteiger partial charge in [0.1, 0.15) is 0 Å². The van der Waals surface area contributed by atoms with Crippen LogP contribution in [0, 0.1) is 0 Å². The molecule has 1 atom stereocenters. The zero-order valence-electron chi connectivity index (χ0n) is 8.48. The zero-order chi connectivity index (χ0) is 13.0. The maximum Gasteiger partial charge on any atom is 0.328 e. The number of carbonyl (C=O) groups excluding carboxylic acids is 1. The molecule has 1 aromatic carbocycles. The Morgan fingerprint density at radius 2 is 2.12 bits per heavy atom. The van der Waals surface area contributed by atoms with Gasteiger partial charge in [0, 0.05) is 10.0 Å². The molecular weight excluding hydrogens is 313 g/mol. The van der Waals surface area contributed by atoms with Crippen molar-refractivity contribution in [2.75, 3.05) is 6.61 Å². The third-order valence-corrected chi connectivity index (χ3v) is 3.18. The number of rotatable bonds is 4. The lowest BCUT2D eigenvalue weighted by Gasteiger charge is -2.11. The van der Waals surface area contributed by atoms with E-state index in [9.17, 15) is 9.59 Å². The van der Waals surface area contributed by atoms with Crippen LogP contribution in [0.2, 0.25) is 5.02 Å². The lowest BCUT2D eigenvalue weighted by atomic mass is 10.2. The SMILES string of the molecule is O=C(N[C@H](CO)C(=O)O)c1ccc(Cl)c(Br)c1. The third kappa shape index (κ3) is 3.69. The largest absolute Gasteiger partial charge is 0.480 e. The molecule has 0 aliphatic rings. The molecule has 1 amide bonds. The van der Waals surface area contributed by atoms with Crippen molar-refractivity contribution >= 4 is 39.4 Å². The Bertz CT molecular complexity index is 452. The summed E-state index contributed by atoms with van der Waals surface area (Å²) in [5, 5.41) is 20.0. The number of carbonyl (C=O) groups is 2. The predicted molar refractivity (Wildman–Crippen MR) is 65.1 cm³/mol. The third-order valence-electron chi connectivity index (χ3n) is 1.97. The standard InChI is InChI=1S/C10H9BrClNO4/c11-6-3-5(1-2-7(6)12)9(15)13-8(4-14)10(16)17/h1-3,8,14H,4H2,(H,13,15)(H,16,17)/t8-/m1/s1. The summed E-state index contributed by atoms with van der Waals surface area (Å²) >= 11 is 8.91. The normalized spacial score (nSPS) is 11.9. The second-order valence-electron chi connectivity index (χ2n) is 3.18. The molecule has 1 rings (SSSR count). The van der Waals surface area contributed by atoms with Gasteiger partial charge in [-0.3, -0.25) is 4.79 Å². The highest BCUT2D eigenvalue weighted by Gasteiger charge is 2.19. The van der Waals surface area contributed by atoms with Gasteiger partial charge in [0.05, 0.1) is 11.6 Å². The molecule has 1 aromatic rings. The molecular formula is C10H9BrClNO4. The summed E-state index contributed by atoms with van der Waals surface area (Å²) < 4.78 is 0.530. The summed E-state index contributed by atoms with van der Waals surface area (Å²) in [6.45, 7) is -0.671. The average Bonchev–Trinajstić information content (AvgIpc) is 2.28. The topological polar surface area (TPSA) is 86.6 Å². The highest BCUT2D eigenvalue weighted by molar-refractivity contribution is 9.10. The van der Waals surface area contributed by atoms with E-state index in [-0.39, 0.29) is 5.56 Å². The molecule has 92 valence electrons. The minimum atomic E-state index is -1.32. The van der Waals surface area contributed by atoms with Gasteiger partial charge in [-0.25, -0.2) is 4.79 Å². The van der Waals surface area contributed by atoms with Crippen LogP contribution in [0.25, 0.3) is 0 Å². The number of amides is 1. The molecule has 0 spiro atoms. The van der Waals surface area contributed by atoms with Gasteiger partial charge in [0.15, 0.2) is 6.04 Å². The van der Waals surface area contributed by atoms with Gasteiger partial charge < -0.3 is 15.5 Å². The Morgan fingerprint density at radius 1 is 1.47 bits per heavy atom. The fraction of sp³-hybridized carbons (Fsp3) is 0.200. The van der Waals surface area contributed by atoms with E-state index in [2.05, 4.69) is 21.2 Å². The summed E-state index contributed by atoms with van der Waals surface area (Å²) in [5.74, 6) is -1.89. The number of nitrogens with one attached hydrogen (secondary N) is 1. The molecule has 0 aliphatic carbocycles. The molecule has 0 saturated carbocycles. The second kappa shape index (κ2) is 6.00. The molecule has 0 heterocycles. The number of aliphatic carboxylic acids is 1. The van der Waals surface area contributed by atoms with Crippen LogP contribution in [0.1, 0.15) is 10.4 Å². The van der Waals surface area contributed by atoms with Crippen LogP contribution in [0.15, 0.2) is 22.7 Å². The van der Waals surface area contributed by atoms with Gasteiger partial charge in [-0.2, -0.15) is 0 Å². The molecule has 7 heteroatoms. The first kappa shape index (κ1) is 14.0. The van der Waals surface area contributed by atoms with Crippen molar-refractivity contribution in [3.05, 3.63) is 33.3 Å². The Balaban J connectivity index is 2.82. The predicted octanol–water partition coefficient (Wildman–Crippen LogP) is 1.28. The van der Waals surface area contributed by atoms with Crippen molar-refractivity contribution in [3.63, 3.8) is 0 Å². The van der Waals surface area contributed by atoms with Crippen molar-refractivity contribution in [2.45, 2.75) is 6.04 Å². The second-order valence-corrected chi connectivity index (χ2v) is 4.44. The molecule has 17 heavy (non-hydrogen) atoms. The van der Waals surface area contributed by atoms with Crippen LogP contribution in [-0.2, 0) is 4.79 Å². The number of hydrogen-bond acceptors (Lipinski definition) is 3. The lowest BCUT2D eigenvalue weighted by molar-refractivity contribution is -0.140.